The molecule has 0 spiro atoms. The predicted molar refractivity (Wildman–Crippen MR) is 69.8 cm³/mol. The molecule has 0 aromatic heterocycles. The van der Waals surface area contributed by atoms with Crippen molar-refractivity contribution >= 4 is 10.1 Å². The van der Waals surface area contributed by atoms with Crippen LogP contribution in [0.1, 0.15) is 45.4 Å². The molecule has 0 atom stereocenters. The van der Waals surface area contributed by atoms with Crippen molar-refractivity contribution in [2.75, 3.05) is 32.9 Å². The molecule has 104 valence electrons. The molecule has 5 heteroatoms. The standard InChI is InChI=1S/C12H27NO3S/c1-4-5-6-7-8-9-10-13(2,3)11-12-17(14,15)16/h4-12H2,1-3H3. The molecule has 0 fully saturated rings. The molecule has 0 aromatic carbocycles. The maximum atomic E-state index is 10.6. The van der Waals surface area contributed by atoms with E-state index in [1.807, 2.05) is 14.1 Å². The first kappa shape index (κ1) is 16.9. The van der Waals surface area contributed by atoms with Crippen molar-refractivity contribution in [3.8, 4) is 0 Å². The lowest BCUT2D eigenvalue weighted by Crippen LogP contribution is -2.43. The first-order valence-corrected chi connectivity index (χ1v) is 8.10. The Morgan fingerprint density at radius 1 is 0.941 bits per heavy atom. The van der Waals surface area contributed by atoms with E-state index < -0.39 is 10.1 Å². The summed E-state index contributed by atoms with van der Waals surface area (Å²) in [5, 5.41) is 0. The van der Waals surface area contributed by atoms with E-state index in [0.717, 1.165) is 13.0 Å². The van der Waals surface area contributed by atoms with Crippen LogP contribution >= 0.6 is 0 Å². The van der Waals surface area contributed by atoms with Crippen LogP contribution in [0.4, 0.5) is 0 Å². The van der Waals surface area contributed by atoms with E-state index in [2.05, 4.69) is 6.92 Å². The normalized spacial score (nSPS) is 12.9. The van der Waals surface area contributed by atoms with Crippen LogP contribution in [0.2, 0.25) is 0 Å². The lowest BCUT2D eigenvalue weighted by molar-refractivity contribution is -0.888. The summed E-state index contributed by atoms with van der Waals surface area (Å²) in [7, 11) is -0.0988. The highest BCUT2D eigenvalue weighted by Crippen LogP contribution is 2.08. The zero-order valence-electron chi connectivity index (χ0n) is 11.4. The second-order valence-electron chi connectivity index (χ2n) is 5.41. The number of hydrogen-bond acceptors (Lipinski definition) is 3. The van der Waals surface area contributed by atoms with Gasteiger partial charge < -0.3 is 9.04 Å². The van der Waals surface area contributed by atoms with Crippen LogP contribution in [-0.2, 0) is 10.1 Å². The van der Waals surface area contributed by atoms with Gasteiger partial charge in [0, 0.05) is 0 Å². The van der Waals surface area contributed by atoms with E-state index in [4.69, 9.17) is 0 Å². The lowest BCUT2D eigenvalue weighted by Gasteiger charge is -2.30. The van der Waals surface area contributed by atoms with Crippen molar-refractivity contribution in [2.45, 2.75) is 45.4 Å². The van der Waals surface area contributed by atoms with E-state index in [9.17, 15) is 13.0 Å². The van der Waals surface area contributed by atoms with Crippen molar-refractivity contribution < 1.29 is 17.5 Å². The number of unbranched alkanes of at least 4 members (excludes halogenated alkanes) is 5. The number of rotatable bonds is 10. The van der Waals surface area contributed by atoms with Gasteiger partial charge in [0.2, 0.25) is 0 Å². The molecule has 0 aromatic rings. The predicted octanol–water partition coefficient (Wildman–Crippen LogP) is 1.97. The zero-order valence-corrected chi connectivity index (χ0v) is 12.3. The number of nitrogens with zero attached hydrogens (tertiary/aromatic N) is 1. The van der Waals surface area contributed by atoms with Crippen LogP contribution in [0.3, 0.4) is 0 Å². The number of quaternary nitrogens is 1. The second-order valence-corrected chi connectivity index (χ2v) is 6.94. The van der Waals surface area contributed by atoms with Gasteiger partial charge in [-0.2, -0.15) is 0 Å². The Balaban J connectivity index is 3.64. The summed E-state index contributed by atoms with van der Waals surface area (Å²) < 4.78 is 32.3. The molecule has 0 N–H and O–H groups in total. The molecule has 0 rings (SSSR count). The van der Waals surface area contributed by atoms with E-state index in [1.54, 1.807) is 0 Å². The summed E-state index contributed by atoms with van der Waals surface area (Å²) in [5.74, 6) is -0.254. The topological polar surface area (TPSA) is 57.2 Å². The molecule has 0 unspecified atom stereocenters. The average molecular weight is 265 g/mol. The van der Waals surface area contributed by atoms with Crippen LogP contribution in [-0.4, -0.2) is 50.4 Å². The van der Waals surface area contributed by atoms with Gasteiger partial charge in [0.25, 0.3) is 0 Å². The van der Waals surface area contributed by atoms with Crippen molar-refractivity contribution in [3.05, 3.63) is 0 Å². The van der Waals surface area contributed by atoms with Gasteiger partial charge in [-0.05, 0) is 12.8 Å². The van der Waals surface area contributed by atoms with Crippen molar-refractivity contribution in [1.82, 2.24) is 0 Å². The first-order valence-electron chi connectivity index (χ1n) is 6.52. The third kappa shape index (κ3) is 12.1. The summed E-state index contributed by atoms with van der Waals surface area (Å²) in [6.07, 6.45) is 7.41. The van der Waals surface area contributed by atoms with Crippen molar-refractivity contribution in [2.24, 2.45) is 0 Å². The summed E-state index contributed by atoms with van der Waals surface area (Å²) >= 11 is 0. The molecular weight excluding hydrogens is 238 g/mol. The molecule has 0 saturated heterocycles. The molecule has 0 heterocycles. The molecule has 0 amide bonds. The van der Waals surface area contributed by atoms with Crippen LogP contribution < -0.4 is 0 Å². The minimum absolute atomic E-state index is 0.254. The van der Waals surface area contributed by atoms with Gasteiger partial charge in [-0.15, -0.1) is 0 Å². The minimum atomic E-state index is -4.07. The van der Waals surface area contributed by atoms with E-state index in [1.165, 1.54) is 32.1 Å². The van der Waals surface area contributed by atoms with E-state index in [-0.39, 0.29) is 5.75 Å². The smallest absolute Gasteiger partial charge is 0.100 e. The third-order valence-electron chi connectivity index (χ3n) is 3.06. The number of hydrogen-bond donors (Lipinski definition) is 0. The minimum Gasteiger partial charge on any atom is -0.748 e. The fourth-order valence-electron chi connectivity index (χ4n) is 1.79. The SMILES string of the molecule is CCCCCCCC[N+](C)(C)CCS(=O)(=O)[O-]. The molecule has 0 aliphatic carbocycles. The molecule has 0 saturated carbocycles. The van der Waals surface area contributed by atoms with Crippen molar-refractivity contribution in [3.63, 3.8) is 0 Å². The fourth-order valence-corrected chi connectivity index (χ4v) is 2.51. The second kappa shape index (κ2) is 8.06. The molecule has 0 radical (unpaired) electrons. The Morgan fingerprint density at radius 3 is 2.00 bits per heavy atom. The highest BCUT2D eigenvalue weighted by Gasteiger charge is 2.15. The highest BCUT2D eigenvalue weighted by atomic mass is 32.2. The van der Waals surface area contributed by atoms with Gasteiger partial charge in [-0.3, -0.25) is 0 Å². The summed E-state index contributed by atoms with van der Waals surface area (Å²) in [6.45, 7) is 3.56. The summed E-state index contributed by atoms with van der Waals surface area (Å²) in [5.41, 5.74) is 0. The maximum absolute atomic E-state index is 10.6. The van der Waals surface area contributed by atoms with Crippen molar-refractivity contribution in [1.29, 1.82) is 0 Å². The first-order chi connectivity index (χ1) is 7.77. The molecular formula is C12H27NO3S. The fraction of sp³-hybridized carbons (Fsp3) is 1.00. The van der Waals surface area contributed by atoms with Gasteiger partial charge in [0.15, 0.2) is 0 Å². The van der Waals surface area contributed by atoms with Crippen LogP contribution in [0, 0.1) is 0 Å². The quantitative estimate of drug-likeness (QED) is 0.345. The maximum Gasteiger partial charge on any atom is 0.100 e. The summed E-state index contributed by atoms with van der Waals surface area (Å²) in [4.78, 5) is 0. The zero-order chi connectivity index (χ0) is 13.4. The molecule has 0 bridgehead atoms. The molecule has 0 aliphatic rings. The van der Waals surface area contributed by atoms with E-state index >= 15 is 0 Å². The Labute approximate surface area is 106 Å². The molecule has 4 nitrogen and oxygen atoms in total. The molecule has 17 heavy (non-hydrogen) atoms. The third-order valence-corrected chi connectivity index (χ3v) is 3.75. The van der Waals surface area contributed by atoms with Gasteiger partial charge in [-0.25, -0.2) is 8.42 Å². The van der Waals surface area contributed by atoms with Crippen LogP contribution in [0.15, 0.2) is 0 Å². The van der Waals surface area contributed by atoms with Gasteiger partial charge >= 0.3 is 0 Å². The Bertz CT molecular complexity index is 286. The monoisotopic (exact) mass is 265 g/mol. The average Bonchev–Trinajstić information content (AvgIpc) is 2.20. The Kier molecular flexibility index (Phi) is 8.00. The van der Waals surface area contributed by atoms with Gasteiger partial charge in [0.1, 0.15) is 10.1 Å². The van der Waals surface area contributed by atoms with Crippen LogP contribution in [0.5, 0.6) is 0 Å². The summed E-state index contributed by atoms with van der Waals surface area (Å²) in [6, 6.07) is 0. The van der Waals surface area contributed by atoms with Gasteiger partial charge in [0.05, 0.1) is 32.9 Å². The largest absolute Gasteiger partial charge is 0.748 e. The van der Waals surface area contributed by atoms with Crippen LogP contribution in [0.25, 0.3) is 0 Å². The molecule has 0 aliphatic heterocycles. The Morgan fingerprint density at radius 2 is 1.47 bits per heavy atom. The van der Waals surface area contributed by atoms with Gasteiger partial charge in [-0.1, -0.05) is 32.6 Å². The Hall–Kier alpha value is -0.130. The lowest BCUT2D eigenvalue weighted by atomic mass is 10.1. The van der Waals surface area contributed by atoms with E-state index in [0.29, 0.717) is 11.0 Å². The highest BCUT2D eigenvalue weighted by molar-refractivity contribution is 7.85.